The van der Waals surface area contributed by atoms with Crippen LogP contribution in [0, 0.1) is 0 Å². The fraction of sp³-hybridized carbons (Fsp3) is 0.261. The van der Waals surface area contributed by atoms with Gasteiger partial charge in [-0.25, -0.2) is 0 Å². The van der Waals surface area contributed by atoms with Gasteiger partial charge in [-0.3, -0.25) is 0 Å². The van der Waals surface area contributed by atoms with E-state index in [4.69, 9.17) is 0 Å². The molecule has 0 radical (unpaired) electrons. The van der Waals surface area contributed by atoms with E-state index in [0.717, 1.165) is 26.2 Å². The molecule has 3 aromatic rings. The van der Waals surface area contributed by atoms with Crippen LogP contribution in [0.5, 0.6) is 0 Å². The second-order valence-corrected chi connectivity index (χ2v) is 11.9. The van der Waals surface area contributed by atoms with Crippen molar-refractivity contribution in [1.29, 1.82) is 0 Å². The van der Waals surface area contributed by atoms with Crippen LogP contribution in [0.1, 0.15) is 39.3 Å². The van der Waals surface area contributed by atoms with Gasteiger partial charge in [0.25, 0.3) is 5.44 Å². The van der Waals surface area contributed by atoms with Crippen LogP contribution in [-0.4, -0.2) is 5.66 Å². The number of nitrogens with zero attached hydrogens (tertiary/aromatic N) is 1. The molecule has 4 heteroatoms. The molecule has 2 nitrogen and oxygen atoms in total. The van der Waals surface area contributed by atoms with E-state index in [9.17, 15) is 4.57 Å². The molecule has 0 N–H and O–H groups in total. The zero-order valence-corrected chi connectivity index (χ0v) is 17.9. The molecule has 0 saturated heterocycles. The summed E-state index contributed by atoms with van der Waals surface area (Å²) in [5, 5.41) is 1.00. The third-order valence-electron chi connectivity index (χ3n) is 5.19. The molecule has 0 fully saturated rings. The van der Waals surface area contributed by atoms with Crippen LogP contribution in [-0.2, 0) is 4.57 Å². The number of benzene rings is 2. The van der Waals surface area contributed by atoms with Gasteiger partial charge in [-0.15, -0.1) is 0 Å². The third-order valence-corrected chi connectivity index (χ3v) is 10.2. The number of hydrogen-bond donors (Lipinski definition) is 0. The number of pyridine rings is 1. The van der Waals surface area contributed by atoms with Crippen molar-refractivity contribution in [3.8, 4) is 5.69 Å². The summed E-state index contributed by atoms with van der Waals surface area (Å²) in [6.45, 7) is 8.58. The SMILES string of the molecule is CC(C)c1ccc2c([n+]1-c1ccccc1)P(=O)(C(C)C)c1ccccc1S2. The minimum Gasteiger partial charge on any atom is -0.307 e. The first-order valence-electron chi connectivity index (χ1n) is 9.46. The number of aromatic nitrogens is 1. The molecule has 4 rings (SSSR count). The quantitative estimate of drug-likeness (QED) is 0.445. The molecular formula is C23H25NOPS+. The zero-order valence-electron chi connectivity index (χ0n) is 16.2. The van der Waals surface area contributed by atoms with Crippen molar-refractivity contribution in [3.05, 3.63) is 72.4 Å². The van der Waals surface area contributed by atoms with Gasteiger partial charge in [0.15, 0.2) is 5.69 Å². The van der Waals surface area contributed by atoms with Gasteiger partial charge in [0, 0.05) is 40.0 Å². The van der Waals surface area contributed by atoms with Crippen LogP contribution in [0.3, 0.4) is 0 Å². The van der Waals surface area contributed by atoms with E-state index in [1.165, 1.54) is 5.69 Å². The molecule has 0 aliphatic carbocycles. The minimum absolute atomic E-state index is 0.0377. The second kappa shape index (κ2) is 6.96. The van der Waals surface area contributed by atoms with Crippen LogP contribution in [0.15, 0.2) is 76.5 Å². The zero-order chi connectivity index (χ0) is 19.2. The van der Waals surface area contributed by atoms with Crippen molar-refractivity contribution in [2.75, 3.05) is 0 Å². The molecule has 1 atom stereocenters. The largest absolute Gasteiger partial charge is 0.307 e. The Balaban J connectivity index is 2.13. The molecule has 0 saturated carbocycles. The van der Waals surface area contributed by atoms with Crippen molar-refractivity contribution in [3.63, 3.8) is 0 Å². The van der Waals surface area contributed by atoms with Crippen molar-refractivity contribution in [1.82, 2.24) is 0 Å². The molecule has 2 aromatic carbocycles. The lowest BCUT2D eigenvalue weighted by Gasteiger charge is -2.29. The first-order chi connectivity index (χ1) is 12.9. The number of hydrogen-bond acceptors (Lipinski definition) is 2. The second-order valence-electron chi connectivity index (χ2n) is 7.59. The van der Waals surface area contributed by atoms with Crippen molar-refractivity contribution in [2.24, 2.45) is 0 Å². The van der Waals surface area contributed by atoms with E-state index in [1.807, 2.05) is 18.2 Å². The first-order valence-corrected chi connectivity index (χ1v) is 12.1. The predicted molar refractivity (Wildman–Crippen MR) is 115 cm³/mol. The van der Waals surface area contributed by atoms with E-state index in [0.29, 0.717) is 5.92 Å². The topological polar surface area (TPSA) is 20.9 Å². The third kappa shape index (κ3) is 2.88. The lowest BCUT2D eigenvalue weighted by molar-refractivity contribution is -0.588. The predicted octanol–water partition coefficient (Wildman–Crippen LogP) is 5.27. The van der Waals surface area contributed by atoms with E-state index in [-0.39, 0.29) is 5.66 Å². The van der Waals surface area contributed by atoms with Gasteiger partial charge in [0.05, 0.1) is 4.90 Å². The average Bonchev–Trinajstić information content (AvgIpc) is 2.67. The summed E-state index contributed by atoms with van der Waals surface area (Å²) >= 11 is 1.74. The highest BCUT2D eigenvalue weighted by atomic mass is 32.2. The first kappa shape index (κ1) is 18.5. The molecule has 1 aliphatic heterocycles. The molecule has 0 bridgehead atoms. The molecular weight excluding hydrogens is 369 g/mol. The number of rotatable bonds is 3. The van der Waals surface area contributed by atoms with Gasteiger partial charge in [0.1, 0.15) is 0 Å². The van der Waals surface area contributed by atoms with E-state index in [1.54, 1.807) is 11.8 Å². The summed E-state index contributed by atoms with van der Waals surface area (Å²) in [5.74, 6) is 0.332. The molecule has 1 unspecified atom stereocenters. The van der Waals surface area contributed by atoms with Gasteiger partial charge in [-0.1, -0.05) is 69.8 Å². The highest BCUT2D eigenvalue weighted by molar-refractivity contribution is 8.02. The number of fused-ring (bicyclic) bond motifs is 2. The lowest BCUT2D eigenvalue weighted by Crippen LogP contribution is -2.54. The lowest BCUT2D eigenvalue weighted by atomic mass is 10.1. The van der Waals surface area contributed by atoms with Gasteiger partial charge in [-0.2, -0.15) is 4.57 Å². The molecule has 0 amide bonds. The molecule has 138 valence electrons. The molecule has 1 aromatic heterocycles. The molecule has 0 spiro atoms. The summed E-state index contributed by atoms with van der Waals surface area (Å²) in [6, 6.07) is 22.9. The van der Waals surface area contributed by atoms with Crippen LogP contribution in [0.2, 0.25) is 0 Å². The summed E-state index contributed by atoms with van der Waals surface area (Å²) in [7, 11) is -2.79. The Morgan fingerprint density at radius 2 is 1.48 bits per heavy atom. The Labute approximate surface area is 166 Å². The fourth-order valence-corrected chi connectivity index (χ4v) is 8.68. The minimum atomic E-state index is -2.79. The molecule has 1 aliphatic rings. The molecule has 27 heavy (non-hydrogen) atoms. The highest BCUT2D eigenvalue weighted by Gasteiger charge is 2.47. The Bertz CT molecular complexity index is 1040. The Morgan fingerprint density at radius 1 is 0.815 bits per heavy atom. The van der Waals surface area contributed by atoms with Gasteiger partial charge in [-0.05, 0) is 18.2 Å². The summed E-state index contributed by atoms with van der Waals surface area (Å²) < 4.78 is 17.0. The van der Waals surface area contributed by atoms with Gasteiger partial charge < -0.3 is 4.57 Å². The van der Waals surface area contributed by atoms with Crippen molar-refractivity contribution < 1.29 is 9.13 Å². The maximum atomic E-state index is 14.7. The summed E-state index contributed by atoms with van der Waals surface area (Å²) in [4.78, 5) is 2.23. The maximum Gasteiger partial charge on any atom is 0.263 e. The Morgan fingerprint density at radius 3 is 2.15 bits per heavy atom. The van der Waals surface area contributed by atoms with Crippen LogP contribution < -0.4 is 15.3 Å². The average molecular weight is 395 g/mol. The normalized spacial score (nSPS) is 18.4. The van der Waals surface area contributed by atoms with Crippen LogP contribution >= 0.6 is 18.9 Å². The summed E-state index contributed by atoms with van der Waals surface area (Å²) in [6.07, 6.45) is 0. The maximum absolute atomic E-state index is 14.7. The Kier molecular flexibility index (Phi) is 4.78. The highest BCUT2D eigenvalue weighted by Crippen LogP contribution is 2.55. The molecule has 2 heterocycles. The van der Waals surface area contributed by atoms with E-state index < -0.39 is 7.14 Å². The standard InChI is InChI=1S/C23H25NOPS/c1-16(2)19-14-15-22-23(24(19)18-10-6-5-7-11-18)26(25,17(3)4)20-12-8-9-13-21(20)27-22/h5-17H,1-4H3/q+1. The van der Waals surface area contributed by atoms with Gasteiger partial charge >= 0.3 is 0 Å². The monoisotopic (exact) mass is 394 g/mol. The summed E-state index contributed by atoms with van der Waals surface area (Å²) in [5.41, 5.74) is 3.30. The van der Waals surface area contributed by atoms with Gasteiger partial charge in [0.2, 0.25) is 12.8 Å². The van der Waals surface area contributed by atoms with Crippen molar-refractivity contribution in [2.45, 2.75) is 49.1 Å². The van der Waals surface area contributed by atoms with Crippen molar-refractivity contribution >= 4 is 29.6 Å². The Hall–Kier alpha value is -1.83. The van der Waals surface area contributed by atoms with Crippen LogP contribution in [0.4, 0.5) is 0 Å². The fourth-order valence-electron chi connectivity index (χ4n) is 3.81. The van der Waals surface area contributed by atoms with E-state index >= 15 is 0 Å². The van der Waals surface area contributed by atoms with E-state index in [2.05, 4.69) is 80.8 Å². The smallest absolute Gasteiger partial charge is 0.263 e. The van der Waals surface area contributed by atoms with Crippen LogP contribution in [0.25, 0.3) is 5.69 Å². The number of para-hydroxylation sites is 1.